The Morgan fingerprint density at radius 2 is 1.31 bits per heavy atom. The largest absolute Gasteiger partial charge is 0.313 e. The van der Waals surface area contributed by atoms with Gasteiger partial charge in [0.2, 0.25) is 0 Å². The molecule has 6 aromatic rings. The lowest BCUT2D eigenvalue weighted by Gasteiger charge is -2.42. The van der Waals surface area contributed by atoms with Crippen molar-refractivity contribution in [1.29, 1.82) is 0 Å². The normalized spacial score (nSPS) is 20.3. The van der Waals surface area contributed by atoms with Crippen molar-refractivity contribution < 1.29 is 4.57 Å². The summed E-state index contributed by atoms with van der Waals surface area (Å²) in [4.78, 5) is 0. The molecule has 8 rings (SSSR count). The summed E-state index contributed by atoms with van der Waals surface area (Å²) >= 11 is 0. The van der Waals surface area contributed by atoms with Crippen molar-refractivity contribution in [2.24, 2.45) is 17.8 Å². The summed E-state index contributed by atoms with van der Waals surface area (Å²) in [7, 11) is -3.14. The number of hydrogen-bond donors (Lipinski definition) is 0. The standard InChI is InChI=1S/C52H43OP/c1-6-37-17-11-14-22-44(37)47-29-26-39-19-13-16-24-46(39)48(47)30-27-41-33-51-42(32-49(41)45-23-15-12-18-38(45)7-2)34-50(40-20-9-8-10-21-40)54(51,53)52-31-36(5)25-28-43(52)35(3)4/h1-2,8-24,26,29,32-36,43,52H,25,28,31H2,3-5H3/t36-,43+,52-,54?/m0/s1. The molecule has 1 fully saturated rings. The molecule has 2 heteroatoms. The van der Waals surface area contributed by atoms with E-state index in [1.807, 2.05) is 42.5 Å². The highest BCUT2D eigenvalue weighted by Gasteiger charge is 2.49. The third-order valence-electron chi connectivity index (χ3n) is 11.7. The molecule has 0 radical (unpaired) electrons. The Morgan fingerprint density at radius 1 is 0.667 bits per heavy atom. The third kappa shape index (κ3) is 6.13. The molecule has 54 heavy (non-hydrogen) atoms. The molecular formula is C52H43OP. The Kier molecular flexibility index (Phi) is 9.52. The monoisotopic (exact) mass is 714 g/mol. The van der Waals surface area contributed by atoms with Crippen LogP contribution in [0.1, 0.15) is 73.4 Å². The molecule has 1 unspecified atom stereocenters. The zero-order valence-corrected chi connectivity index (χ0v) is 32.0. The van der Waals surface area contributed by atoms with Crippen molar-refractivity contribution in [1.82, 2.24) is 0 Å². The highest BCUT2D eigenvalue weighted by atomic mass is 31.2. The van der Waals surface area contributed by atoms with Crippen LogP contribution in [0.15, 0.2) is 127 Å². The summed E-state index contributed by atoms with van der Waals surface area (Å²) < 4.78 is 16.5. The molecule has 1 saturated carbocycles. The van der Waals surface area contributed by atoms with Crippen LogP contribution < -0.4 is 5.30 Å². The van der Waals surface area contributed by atoms with Gasteiger partial charge in [0.25, 0.3) is 0 Å². The fraction of sp³-hybridized carbons (Fsp3) is 0.192. The zero-order valence-electron chi connectivity index (χ0n) is 31.1. The Morgan fingerprint density at radius 3 is 2.02 bits per heavy atom. The van der Waals surface area contributed by atoms with E-state index in [2.05, 4.69) is 135 Å². The second-order valence-electron chi connectivity index (χ2n) is 15.2. The second-order valence-corrected chi connectivity index (χ2v) is 18.2. The van der Waals surface area contributed by atoms with Crippen LogP contribution in [-0.2, 0) is 4.57 Å². The van der Waals surface area contributed by atoms with Crippen LogP contribution in [-0.4, -0.2) is 5.66 Å². The molecule has 4 atom stereocenters. The maximum absolute atomic E-state index is 16.5. The summed E-state index contributed by atoms with van der Waals surface area (Å²) in [6.07, 6.45) is 17.6. The van der Waals surface area contributed by atoms with Gasteiger partial charge in [-0.1, -0.05) is 154 Å². The summed E-state index contributed by atoms with van der Waals surface area (Å²) in [6, 6.07) is 43.4. The van der Waals surface area contributed by atoms with Crippen molar-refractivity contribution in [3.05, 3.63) is 161 Å². The van der Waals surface area contributed by atoms with Crippen LogP contribution in [0.2, 0.25) is 0 Å². The van der Waals surface area contributed by atoms with Gasteiger partial charge in [-0.25, -0.2) is 0 Å². The molecule has 2 aliphatic rings. The topological polar surface area (TPSA) is 17.1 Å². The van der Waals surface area contributed by atoms with Gasteiger partial charge in [0, 0.05) is 38.5 Å². The highest BCUT2D eigenvalue weighted by Crippen LogP contribution is 2.70. The van der Waals surface area contributed by atoms with Crippen LogP contribution in [0, 0.1) is 54.3 Å². The number of fused-ring (bicyclic) bond motifs is 2. The number of benzene rings is 6. The Balaban J connectivity index is 1.42. The Hall–Kier alpha value is -5.77. The van der Waals surface area contributed by atoms with E-state index in [9.17, 15) is 0 Å². The minimum Gasteiger partial charge on any atom is -0.313 e. The van der Waals surface area contributed by atoms with Gasteiger partial charge in [-0.2, -0.15) is 0 Å². The lowest BCUT2D eigenvalue weighted by atomic mass is 9.77. The van der Waals surface area contributed by atoms with Crippen LogP contribution in [0.25, 0.3) is 44.4 Å². The van der Waals surface area contributed by atoms with E-state index in [1.54, 1.807) is 0 Å². The first-order valence-corrected chi connectivity index (χ1v) is 20.8. The number of terminal acetylenes is 2. The molecule has 0 spiro atoms. The Bertz CT molecular complexity index is 2650. The first-order chi connectivity index (χ1) is 26.3. The van der Waals surface area contributed by atoms with Crippen molar-refractivity contribution in [3.8, 4) is 58.8 Å². The van der Waals surface area contributed by atoms with Crippen molar-refractivity contribution in [3.63, 3.8) is 0 Å². The first kappa shape index (κ1) is 35.3. The fourth-order valence-corrected chi connectivity index (χ4v) is 13.3. The van der Waals surface area contributed by atoms with Crippen molar-refractivity contribution in [2.75, 3.05) is 0 Å². The highest BCUT2D eigenvalue weighted by molar-refractivity contribution is 7.82. The molecule has 6 aromatic carbocycles. The molecule has 1 nitrogen and oxygen atoms in total. The quantitative estimate of drug-likeness (QED) is 0.128. The van der Waals surface area contributed by atoms with Gasteiger partial charge in [-0.3, -0.25) is 0 Å². The SMILES string of the molecule is C#Cc1ccccc1-c1cc2c(cc1C#Cc1c(-c3ccccc3C#C)ccc3ccccc13)P(=O)([C@H]1C[C@@H](C)CC[C@@H]1C(C)C)C(c1ccccc1)=C2. The van der Waals surface area contributed by atoms with Gasteiger partial charge < -0.3 is 4.57 Å². The number of hydrogen-bond acceptors (Lipinski definition) is 1. The van der Waals surface area contributed by atoms with Gasteiger partial charge in [0.15, 0.2) is 0 Å². The molecule has 1 aliphatic heterocycles. The smallest absolute Gasteiger partial charge is 0.147 e. The minimum absolute atomic E-state index is 0.0449. The predicted molar refractivity (Wildman–Crippen MR) is 230 cm³/mol. The van der Waals surface area contributed by atoms with Gasteiger partial charge >= 0.3 is 0 Å². The minimum atomic E-state index is -3.14. The molecule has 0 bridgehead atoms. The summed E-state index contributed by atoms with van der Waals surface area (Å²) in [6.45, 7) is 6.94. The van der Waals surface area contributed by atoms with Gasteiger partial charge in [-0.15, -0.1) is 12.8 Å². The van der Waals surface area contributed by atoms with E-state index in [0.29, 0.717) is 17.8 Å². The summed E-state index contributed by atoms with van der Waals surface area (Å²) in [5, 5.41) is 4.04. The zero-order chi connectivity index (χ0) is 37.4. The van der Waals surface area contributed by atoms with Gasteiger partial charge in [0.05, 0.1) is 0 Å². The van der Waals surface area contributed by atoms with Crippen LogP contribution in [0.4, 0.5) is 0 Å². The maximum atomic E-state index is 16.5. The molecular weight excluding hydrogens is 672 g/mol. The lowest BCUT2D eigenvalue weighted by Crippen LogP contribution is -2.34. The molecule has 0 saturated heterocycles. The van der Waals surface area contributed by atoms with Crippen molar-refractivity contribution in [2.45, 2.75) is 45.7 Å². The molecule has 1 aliphatic carbocycles. The molecule has 0 N–H and O–H groups in total. The fourth-order valence-electron chi connectivity index (χ4n) is 8.97. The molecule has 0 aromatic heterocycles. The van der Waals surface area contributed by atoms with Crippen LogP contribution in [0.3, 0.4) is 0 Å². The predicted octanol–water partition coefficient (Wildman–Crippen LogP) is 12.5. The van der Waals surface area contributed by atoms with E-state index in [4.69, 9.17) is 12.8 Å². The first-order valence-electron chi connectivity index (χ1n) is 19.0. The molecule has 0 amide bonds. The second kappa shape index (κ2) is 14.6. The van der Waals surface area contributed by atoms with E-state index >= 15 is 4.57 Å². The van der Waals surface area contributed by atoms with Gasteiger partial charge in [-0.05, 0) is 105 Å². The van der Waals surface area contributed by atoms with E-state index in [0.717, 1.165) is 89.9 Å². The lowest BCUT2D eigenvalue weighted by molar-refractivity contribution is 0.238. The average Bonchev–Trinajstić information content (AvgIpc) is 3.51. The van der Waals surface area contributed by atoms with Crippen molar-refractivity contribution >= 4 is 34.6 Å². The van der Waals surface area contributed by atoms with Crippen LogP contribution >= 0.6 is 7.14 Å². The summed E-state index contributed by atoms with van der Waals surface area (Å²) in [5.74, 6) is 14.4. The summed E-state index contributed by atoms with van der Waals surface area (Å²) in [5.41, 5.74) is 9.23. The van der Waals surface area contributed by atoms with Crippen LogP contribution in [0.5, 0.6) is 0 Å². The maximum Gasteiger partial charge on any atom is 0.147 e. The average molecular weight is 715 g/mol. The number of rotatable bonds is 5. The molecule has 1 heterocycles. The van der Waals surface area contributed by atoms with E-state index < -0.39 is 7.14 Å². The third-order valence-corrected chi connectivity index (χ3v) is 15.4. The Labute approximate surface area is 320 Å². The van der Waals surface area contributed by atoms with Gasteiger partial charge in [0.1, 0.15) is 7.14 Å². The van der Waals surface area contributed by atoms with E-state index in [-0.39, 0.29) is 5.66 Å². The molecule has 262 valence electrons. The van der Waals surface area contributed by atoms with E-state index in [1.165, 1.54) is 6.42 Å².